The van der Waals surface area contributed by atoms with Gasteiger partial charge in [-0.2, -0.15) is 0 Å². The molecule has 0 amide bonds. The van der Waals surface area contributed by atoms with Crippen LogP contribution >= 0.6 is 12.4 Å². The molecule has 0 unspecified atom stereocenters. The molecule has 1 aromatic rings. The molecule has 0 fully saturated rings. The summed E-state index contributed by atoms with van der Waals surface area (Å²) in [6, 6.07) is 0.806. The van der Waals surface area contributed by atoms with Crippen molar-refractivity contribution in [2.24, 2.45) is 11.5 Å². The summed E-state index contributed by atoms with van der Waals surface area (Å²) >= 11 is 0. The van der Waals surface area contributed by atoms with Gasteiger partial charge in [0, 0.05) is 23.7 Å². The van der Waals surface area contributed by atoms with Crippen molar-refractivity contribution in [3.05, 3.63) is 29.3 Å². The van der Waals surface area contributed by atoms with Gasteiger partial charge in [0.1, 0.15) is 17.4 Å². The molecule has 1 atom stereocenters. The van der Waals surface area contributed by atoms with Crippen molar-refractivity contribution < 1.29 is 13.9 Å². The van der Waals surface area contributed by atoms with Crippen molar-refractivity contribution in [3.8, 4) is 5.75 Å². The van der Waals surface area contributed by atoms with Gasteiger partial charge in [0.25, 0.3) is 0 Å². The van der Waals surface area contributed by atoms with Gasteiger partial charge in [-0.3, -0.25) is 0 Å². The van der Waals surface area contributed by atoms with Crippen LogP contribution in [0, 0.1) is 11.6 Å². The number of benzene rings is 1. The van der Waals surface area contributed by atoms with E-state index in [2.05, 4.69) is 0 Å². The van der Waals surface area contributed by atoms with Crippen LogP contribution in [0.25, 0.3) is 0 Å². The SMILES string of the molecule is Cl.NCC[C@H](N)c1c(O)cc(F)cc1F. The Hall–Kier alpha value is -0.910. The molecule has 0 bridgehead atoms. The summed E-state index contributed by atoms with van der Waals surface area (Å²) in [5.41, 5.74) is 10.7. The Labute approximate surface area is 92.5 Å². The summed E-state index contributed by atoms with van der Waals surface area (Å²) in [6.45, 7) is 0.275. The van der Waals surface area contributed by atoms with Gasteiger partial charge >= 0.3 is 0 Å². The molecule has 15 heavy (non-hydrogen) atoms. The summed E-state index contributed by atoms with van der Waals surface area (Å²) in [4.78, 5) is 0. The molecule has 0 spiro atoms. The first-order chi connectivity index (χ1) is 6.56. The zero-order chi connectivity index (χ0) is 10.7. The van der Waals surface area contributed by atoms with Gasteiger partial charge in [0.15, 0.2) is 0 Å². The lowest BCUT2D eigenvalue weighted by atomic mass is 10.0. The van der Waals surface area contributed by atoms with Gasteiger partial charge in [-0.1, -0.05) is 0 Å². The summed E-state index contributed by atoms with van der Waals surface area (Å²) in [7, 11) is 0. The Kier molecular flexibility index (Phi) is 5.49. The molecular formula is C9H13ClF2N2O. The average molecular weight is 239 g/mol. The second-order valence-electron chi connectivity index (χ2n) is 3.00. The van der Waals surface area contributed by atoms with E-state index in [0.29, 0.717) is 12.5 Å². The first-order valence-electron chi connectivity index (χ1n) is 4.19. The Morgan fingerprint density at radius 2 is 1.93 bits per heavy atom. The Morgan fingerprint density at radius 1 is 1.33 bits per heavy atom. The molecule has 0 saturated heterocycles. The van der Waals surface area contributed by atoms with E-state index in [1.165, 1.54) is 0 Å². The number of hydrogen-bond donors (Lipinski definition) is 3. The van der Waals surface area contributed by atoms with Crippen LogP contribution in [0.1, 0.15) is 18.0 Å². The quantitative estimate of drug-likeness (QED) is 0.746. The van der Waals surface area contributed by atoms with Crippen molar-refractivity contribution in [3.63, 3.8) is 0 Å². The number of hydrogen-bond acceptors (Lipinski definition) is 3. The standard InChI is InChI=1S/C9H12F2N2O.ClH/c10-5-3-6(11)9(8(14)4-5)7(13)1-2-12;/h3-4,7,14H,1-2,12-13H2;1H/t7-;/m0./s1. The normalized spacial score (nSPS) is 12.0. The summed E-state index contributed by atoms with van der Waals surface area (Å²) in [5, 5.41) is 9.27. The fraction of sp³-hybridized carbons (Fsp3) is 0.333. The molecule has 3 nitrogen and oxygen atoms in total. The molecule has 0 heterocycles. The van der Waals surface area contributed by atoms with Gasteiger partial charge < -0.3 is 16.6 Å². The topological polar surface area (TPSA) is 72.3 Å². The fourth-order valence-electron chi connectivity index (χ4n) is 1.26. The lowest BCUT2D eigenvalue weighted by molar-refractivity contribution is 0.437. The maximum atomic E-state index is 13.2. The molecular weight excluding hydrogens is 226 g/mol. The van der Waals surface area contributed by atoms with Crippen LogP contribution in [-0.2, 0) is 0 Å². The number of aromatic hydroxyl groups is 1. The van der Waals surface area contributed by atoms with Crippen molar-refractivity contribution in [2.75, 3.05) is 6.54 Å². The minimum Gasteiger partial charge on any atom is -0.507 e. The van der Waals surface area contributed by atoms with E-state index in [1.807, 2.05) is 0 Å². The molecule has 5 N–H and O–H groups in total. The minimum atomic E-state index is -0.844. The highest BCUT2D eigenvalue weighted by Gasteiger charge is 2.16. The maximum Gasteiger partial charge on any atom is 0.134 e. The lowest BCUT2D eigenvalue weighted by Gasteiger charge is -2.13. The third kappa shape index (κ3) is 3.30. The predicted molar refractivity (Wildman–Crippen MR) is 55.9 cm³/mol. The van der Waals surface area contributed by atoms with Gasteiger partial charge in [-0.25, -0.2) is 8.78 Å². The molecule has 1 aromatic carbocycles. The van der Waals surface area contributed by atoms with E-state index in [4.69, 9.17) is 11.5 Å². The number of rotatable bonds is 3. The zero-order valence-corrected chi connectivity index (χ0v) is 8.73. The highest BCUT2D eigenvalue weighted by Crippen LogP contribution is 2.28. The predicted octanol–water partition coefficient (Wildman–Crippen LogP) is 1.44. The van der Waals surface area contributed by atoms with E-state index in [0.717, 1.165) is 6.07 Å². The van der Waals surface area contributed by atoms with Crippen LogP contribution in [0.15, 0.2) is 12.1 Å². The molecule has 6 heteroatoms. The monoisotopic (exact) mass is 238 g/mol. The van der Waals surface area contributed by atoms with Crippen LogP contribution in [0.2, 0.25) is 0 Å². The summed E-state index contributed by atoms with van der Waals surface area (Å²) in [5.74, 6) is -2.14. The zero-order valence-electron chi connectivity index (χ0n) is 7.91. The van der Waals surface area contributed by atoms with Gasteiger partial charge in [0.05, 0.1) is 0 Å². The van der Waals surface area contributed by atoms with Crippen LogP contribution in [0.4, 0.5) is 8.78 Å². The van der Waals surface area contributed by atoms with E-state index < -0.39 is 23.4 Å². The Bertz CT molecular complexity index is 313. The number of nitrogens with two attached hydrogens (primary N) is 2. The third-order valence-corrected chi connectivity index (χ3v) is 1.92. The van der Waals surface area contributed by atoms with Crippen molar-refractivity contribution in [1.29, 1.82) is 0 Å². The van der Waals surface area contributed by atoms with E-state index >= 15 is 0 Å². The smallest absolute Gasteiger partial charge is 0.134 e. The molecule has 86 valence electrons. The molecule has 0 radical (unpaired) electrons. The van der Waals surface area contributed by atoms with Gasteiger partial charge in [-0.05, 0) is 13.0 Å². The van der Waals surface area contributed by atoms with Gasteiger partial charge in [-0.15, -0.1) is 12.4 Å². The largest absolute Gasteiger partial charge is 0.507 e. The summed E-state index contributed by atoms with van der Waals surface area (Å²) in [6.07, 6.45) is 0.329. The highest BCUT2D eigenvalue weighted by atomic mass is 35.5. The molecule has 0 saturated carbocycles. The molecule has 0 aromatic heterocycles. The van der Waals surface area contributed by atoms with E-state index in [9.17, 15) is 13.9 Å². The third-order valence-electron chi connectivity index (χ3n) is 1.92. The Morgan fingerprint density at radius 3 is 2.40 bits per heavy atom. The maximum absolute atomic E-state index is 13.2. The van der Waals surface area contributed by atoms with Crippen molar-refractivity contribution in [1.82, 2.24) is 0 Å². The second kappa shape index (κ2) is 5.85. The molecule has 0 aliphatic heterocycles. The number of halogens is 3. The van der Waals surface area contributed by atoms with Crippen LogP contribution in [-0.4, -0.2) is 11.7 Å². The van der Waals surface area contributed by atoms with E-state index in [-0.39, 0.29) is 24.5 Å². The van der Waals surface area contributed by atoms with Crippen molar-refractivity contribution in [2.45, 2.75) is 12.5 Å². The number of phenols is 1. The highest BCUT2D eigenvalue weighted by molar-refractivity contribution is 5.85. The van der Waals surface area contributed by atoms with Crippen molar-refractivity contribution >= 4 is 12.4 Å². The van der Waals surface area contributed by atoms with Gasteiger partial charge in [0.2, 0.25) is 0 Å². The average Bonchev–Trinajstić information content (AvgIpc) is 2.01. The first-order valence-corrected chi connectivity index (χ1v) is 4.19. The molecule has 0 aliphatic carbocycles. The molecule has 0 aliphatic rings. The summed E-state index contributed by atoms with van der Waals surface area (Å²) < 4.78 is 25.8. The fourth-order valence-corrected chi connectivity index (χ4v) is 1.26. The second-order valence-corrected chi connectivity index (χ2v) is 3.00. The number of phenolic OH excluding ortho intramolecular Hbond substituents is 1. The first kappa shape index (κ1) is 14.1. The van der Waals surface area contributed by atoms with Crippen LogP contribution in [0.5, 0.6) is 5.75 Å². The minimum absolute atomic E-state index is 0. The molecule has 1 rings (SSSR count). The van der Waals surface area contributed by atoms with Crippen LogP contribution in [0.3, 0.4) is 0 Å². The van der Waals surface area contributed by atoms with E-state index in [1.54, 1.807) is 0 Å². The van der Waals surface area contributed by atoms with Crippen LogP contribution < -0.4 is 11.5 Å². The Balaban J connectivity index is 0.00000196. The lowest BCUT2D eigenvalue weighted by Crippen LogP contribution is -2.17.